The number of piperidine rings is 1. The molecule has 2 aliphatic rings. The van der Waals surface area contributed by atoms with Crippen molar-refractivity contribution in [3.05, 3.63) is 108 Å². The Morgan fingerprint density at radius 2 is 1.86 bits per heavy atom. The maximum absolute atomic E-state index is 13.5. The number of hydrogen-bond acceptors (Lipinski definition) is 4. The van der Waals surface area contributed by atoms with Crippen molar-refractivity contribution in [2.75, 3.05) is 13.1 Å². The number of rotatable bonds is 4. The average Bonchev–Trinajstić information content (AvgIpc) is 3.32. The molecule has 7 rings (SSSR count). The standard InChI is InChI=1S/C29H25FN6O/c1-18-12-25-20(14-32-36(25)22-10-8-21(30)9-11-22)13-23(18)29-16-35(28(37)27-31-17-34(2)33-27)15-24(29)26(29)19-6-4-3-5-7-19/h3-14,17,24,26H,15-16H2,1-2H3/t24-,26-,29+/m1/s1. The van der Waals surface area contributed by atoms with E-state index in [-0.39, 0.29) is 23.0 Å². The van der Waals surface area contributed by atoms with E-state index in [9.17, 15) is 9.18 Å². The number of carbonyl (C=O) groups is 1. The lowest BCUT2D eigenvalue weighted by atomic mass is 9.86. The fraction of sp³-hybridized carbons (Fsp3) is 0.241. The third kappa shape index (κ3) is 3.25. The van der Waals surface area contributed by atoms with Crippen LogP contribution in [0.2, 0.25) is 0 Å². The summed E-state index contributed by atoms with van der Waals surface area (Å²) >= 11 is 0. The summed E-state index contributed by atoms with van der Waals surface area (Å²) in [5, 5.41) is 9.88. The minimum absolute atomic E-state index is 0.123. The van der Waals surface area contributed by atoms with Gasteiger partial charge in [0.2, 0.25) is 5.82 Å². The Balaban J connectivity index is 1.31. The maximum atomic E-state index is 13.5. The molecular formula is C29H25FN6O. The number of fused-ring (bicyclic) bond motifs is 2. The lowest BCUT2D eigenvalue weighted by molar-refractivity contribution is 0.0756. The Morgan fingerprint density at radius 3 is 2.59 bits per heavy atom. The van der Waals surface area contributed by atoms with Gasteiger partial charge in [0.15, 0.2) is 0 Å². The van der Waals surface area contributed by atoms with Crippen molar-refractivity contribution >= 4 is 16.8 Å². The van der Waals surface area contributed by atoms with Gasteiger partial charge in [-0.15, -0.1) is 5.10 Å². The summed E-state index contributed by atoms with van der Waals surface area (Å²) in [6.07, 6.45) is 3.42. The normalized spacial score (nSPS) is 22.4. The van der Waals surface area contributed by atoms with Crippen LogP contribution in [-0.2, 0) is 12.5 Å². The average molecular weight is 493 g/mol. The number of benzene rings is 3. The SMILES string of the molecule is Cc1cc2c(cnn2-c2ccc(F)cc2)cc1[C@@]12CN(C(=O)c3ncn(C)n3)C[C@@H]1[C@H]2c1ccccc1. The van der Waals surface area contributed by atoms with Crippen molar-refractivity contribution in [2.45, 2.75) is 18.3 Å². The van der Waals surface area contributed by atoms with Gasteiger partial charge in [-0.1, -0.05) is 30.3 Å². The molecule has 8 heteroatoms. The lowest BCUT2D eigenvalue weighted by Gasteiger charge is -2.25. The summed E-state index contributed by atoms with van der Waals surface area (Å²) in [4.78, 5) is 19.4. The Labute approximate surface area is 213 Å². The quantitative estimate of drug-likeness (QED) is 0.373. The molecule has 1 saturated heterocycles. The topological polar surface area (TPSA) is 68.8 Å². The molecule has 0 radical (unpaired) electrons. The van der Waals surface area contributed by atoms with E-state index < -0.39 is 0 Å². The zero-order valence-corrected chi connectivity index (χ0v) is 20.5. The molecule has 3 heterocycles. The molecule has 3 aromatic carbocycles. The van der Waals surface area contributed by atoms with E-state index >= 15 is 0 Å². The number of halogens is 1. The van der Waals surface area contributed by atoms with Gasteiger partial charge in [0.25, 0.3) is 5.91 Å². The molecule has 184 valence electrons. The van der Waals surface area contributed by atoms with Crippen LogP contribution in [0.15, 0.2) is 79.3 Å². The van der Waals surface area contributed by atoms with Crippen LogP contribution in [-0.4, -0.2) is 48.4 Å². The molecule has 3 atom stereocenters. The van der Waals surface area contributed by atoms with E-state index in [1.807, 2.05) is 21.8 Å². The minimum atomic E-state index is -0.272. The summed E-state index contributed by atoms with van der Waals surface area (Å²) in [5.74, 6) is 0.485. The summed E-state index contributed by atoms with van der Waals surface area (Å²) in [5.41, 5.74) is 5.32. The van der Waals surface area contributed by atoms with E-state index in [1.165, 1.54) is 23.3 Å². The second-order valence-electron chi connectivity index (χ2n) is 10.2. The molecule has 1 saturated carbocycles. The van der Waals surface area contributed by atoms with Gasteiger partial charge in [0.1, 0.15) is 12.1 Å². The number of amides is 1. The van der Waals surface area contributed by atoms with E-state index in [1.54, 1.807) is 30.2 Å². The minimum Gasteiger partial charge on any atom is -0.335 e. The van der Waals surface area contributed by atoms with Crippen molar-refractivity contribution in [3.8, 4) is 5.69 Å². The predicted octanol–water partition coefficient (Wildman–Crippen LogP) is 4.41. The summed E-state index contributed by atoms with van der Waals surface area (Å²) in [6, 6.07) is 21.4. The summed E-state index contributed by atoms with van der Waals surface area (Å²) in [6.45, 7) is 3.42. The Hall–Kier alpha value is -4.33. The summed E-state index contributed by atoms with van der Waals surface area (Å²) in [7, 11) is 1.77. The molecule has 1 aliphatic carbocycles. The molecule has 0 bridgehead atoms. The number of nitrogens with zero attached hydrogens (tertiary/aromatic N) is 6. The smallest absolute Gasteiger partial charge is 0.293 e. The molecule has 1 aliphatic heterocycles. The van der Waals surface area contributed by atoms with Gasteiger partial charge in [-0.3, -0.25) is 9.48 Å². The molecule has 1 amide bonds. The third-order valence-electron chi connectivity index (χ3n) is 8.10. The molecule has 5 aromatic rings. The van der Waals surface area contributed by atoms with Crippen LogP contribution in [0, 0.1) is 18.7 Å². The molecular weight excluding hydrogens is 467 g/mol. The van der Waals surface area contributed by atoms with Gasteiger partial charge < -0.3 is 4.90 Å². The van der Waals surface area contributed by atoms with Crippen molar-refractivity contribution in [1.82, 2.24) is 29.4 Å². The molecule has 2 fully saturated rings. The molecule has 0 spiro atoms. The Bertz CT molecular complexity index is 1660. The van der Waals surface area contributed by atoms with Gasteiger partial charge in [0.05, 0.1) is 17.4 Å². The van der Waals surface area contributed by atoms with Crippen molar-refractivity contribution in [2.24, 2.45) is 13.0 Å². The highest BCUT2D eigenvalue weighted by Gasteiger charge is 2.71. The highest BCUT2D eigenvalue weighted by Crippen LogP contribution is 2.69. The summed E-state index contributed by atoms with van der Waals surface area (Å²) < 4.78 is 16.9. The number of hydrogen-bond donors (Lipinski definition) is 0. The molecule has 0 unspecified atom stereocenters. The first-order valence-corrected chi connectivity index (χ1v) is 12.4. The number of aromatic nitrogens is 5. The van der Waals surface area contributed by atoms with Gasteiger partial charge in [0, 0.05) is 36.9 Å². The number of carbonyl (C=O) groups excluding carboxylic acids is 1. The van der Waals surface area contributed by atoms with Crippen LogP contribution in [0.5, 0.6) is 0 Å². The molecule has 0 N–H and O–H groups in total. The second-order valence-corrected chi connectivity index (χ2v) is 10.2. The van der Waals surface area contributed by atoms with Crippen molar-refractivity contribution in [3.63, 3.8) is 0 Å². The zero-order chi connectivity index (χ0) is 25.3. The van der Waals surface area contributed by atoms with E-state index in [0.29, 0.717) is 24.9 Å². The van der Waals surface area contributed by atoms with Crippen molar-refractivity contribution in [1.29, 1.82) is 0 Å². The van der Waals surface area contributed by atoms with E-state index in [0.717, 1.165) is 22.2 Å². The highest BCUT2D eigenvalue weighted by atomic mass is 19.1. The van der Waals surface area contributed by atoms with Crippen LogP contribution in [0.4, 0.5) is 4.39 Å². The van der Waals surface area contributed by atoms with Crippen LogP contribution in [0.3, 0.4) is 0 Å². The number of likely N-dealkylation sites (tertiary alicyclic amines) is 1. The van der Waals surface area contributed by atoms with Gasteiger partial charge in [-0.05, 0) is 65.9 Å². The second kappa shape index (κ2) is 7.83. The Morgan fingerprint density at radius 1 is 1.08 bits per heavy atom. The fourth-order valence-corrected chi connectivity index (χ4v) is 6.46. The van der Waals surface area contributed by atoms with Crippen LogP contribution in [0.1, 0.15) is 33.2 Å². The van der Waals surface area contributed by atoms with Gasteiger partial charge in [-0.2, -0.15) is 5.10 Å². The van der Waals surface area contributed by atoms with E-state index in [4.69, 9.17) is 0 Å². The largest absolute Gasteiger partial charge is 0.335 e. The monoisotopic (exact) mass is 492 g/mol. The predicted molar refractivity (Wildman–Crippen MR) is 137 cm³/mol. The van der Waals surface area contributed by atoms with Crippen molar-refractivity contribution < 1.29 is 9.18 Å². The first-order chi connectivity index (χ1) is 18.0. The van der Waals surface area contributed by atoms with Crippen LogP contribution in [0.25, 0.3) is 16.6 Å². The van der Waals surface area contributed by atoms with E-state index in [2.05, 4.69) is 58.5 Å². The maximum Gasteiger partial charge on any atom is 0.293 e. The lowest BCUT2D eigenvalue weighted by Crippen LogP contribution is -2.35. The molecule has 37 heavy (non-hydrogen) atoms. The Kier molecular flexibility index (Phi) is 4.64. The molecule has 2 aromatic heterocycles. The number of aryl methyl sites for hydroxylation is 2. The van der Waals surface area contributed by atoms with Gasteiger partial charge in [-0.25, -0.2) is 14.1 Å². The third-order valence-corrected chi connectivity index (χ3v) is 8.10. The van der Waals surface area contributed by atoms with Crippen LogP contribution < -0.4 is 0 Å². The molecule has 7 nitrogen and oxygen atoms in total. The van der Waals surface area contributed by atoms with Gasteiger partial charge >= 0.3 is 0 Å². The highest BCUT2D eigenvalue weighted by molar-refractivity contribution is 5.91. The van der Waals surface area contributed by atoms with Crippen LogP contribution >= 0.6 is 0 Å². The fourth-order valence-electron chi connectivity index (χ4n) is 6.46. The first kappa shape index (κ1) is 21.9. The zero-order valence-electron chi connectivity index (χ0n) is 20.5. The first-order valence-electron chi connectivity index (χ1n) is 12.4.